The third kappa shape index (κ3) is 2.50. The van der Waals surface area contributed by atoms with Crippen molar-refractivity contribution in [3.8, 4) is 0 Å². The third-order valence-corrected chi connectivity index (χ3v) is 5.45. The van der Waals surface area contributed by atoms with Gasteiger partial charge in [0, 0.05) is 31.3 Å². The highest BCUT2D eigenvalue weighted by Gasteiger charge is 2.53. The molecular weight excluding hydrogens is 305 g/mol. The minimum atomic E-state index is -4.50. The second-order valence-corrected chi connectivity index (χ2v) is 7.17. The molecule has 2 aliphatic rings. The fourth-order valence-corrected chi connectivity index (χ4v) is 4.40. The van der Waals surface area contributed by atoms with Gasteiger partial charge in [-0.05, 0) is 19.1 Å². The monoisotopic (exact) mass is 318 g/mol. The van der Waals surface area contributed by atoms with Gasteiger partial charge in [0.15, 0.2) is 0 Å². The molecule has 8 heteroatoms. The fraction of sp³-hybridized carbons (Fsp3) is 0.538. The summed E-state index contributed by atoms with van der Waals surface area (Å²) in [4.78, 5) is 14.8. The van der Waals surface area contributed by atoms with Crippen LogP contribution >= 0.6 is 0 Å². The first-order chi connectivity index (χ1) is 9.70. The number of pyridine rings is 1. The summed E-state index contributed by atoms with van der Waals surface area (Å²) in [6.07, 6.45) is -3.46. The normalized spacial score (nSPS) is 22.8. The van der Waals surface area contributed by atoms with Crippen LogP contribution in [0.5, 0.6) is 0 Å². The summed E-state index contributed by atoms with van der Waals surface area (Å²) in [5, 5.41) is 0. The van der Waals surface area contributed by atoms with Crippen LogP contribution in [-0.2, 0) is 22.0 Å². The molecule has 1 aliphatic heterocycles. The van der Waals surface area contributed by atoms with Gasteiger partial charge >= 0.3 is 6.18 Å². The van der Waals surface area contributed by atoms with Crippen molar-refractivity contribution < 1.29 is 22.2 Å². The summed E-state index contributed by atoms with van der Waals surface area (Å²) in [5.74, 6) is 0.216. The maximum Gasteiger partial charge on any atom is 0.433 e. The molecule has 1 aromatic heterocycles. The lowest BCUT2D eigenvalue weighted by Gasteiger charge is -2.53. The molecule has 1 atom stereocenters. The van der Waals surface area contributed by atoms with E-state index in [0.29, 0.717) is 30.8 Å². The average molecular weight is 318 g/mol. The van der Waals surface area contributed by atoms with E-state index >= 15 is 0 Å². The highest BCUT2D eigenvalue weighted by molar-refractivity contribution is 7.82. The van der Waals surface area contributed by atoms with Crippen molar-refractivity contribution in [1.29, 1.82) is 0 Å². The Balaban J connectivity index is 1.73. The van der Waals surface area contributed by atoms with Gasteiger partial charge in [0.1, 0.15) is 22.5 Å². The van der Waals surface area contributed by atoms with Crippen LogP contribution in [0.2, 0.25) is 0 Å². The summed E-state index contributed by atoms with van der Waals surface area (Å²) < 4.78 is 51.7. The molecule has 1 unspecified atom stereocenters. The molecule has 2 heterocycles. The van der Waals surface area contributed by atoms with Crippen molar-refractivity contribution in [2.24, 2.45) is 5.41 Å². The van der Waals surface area contributed by atoms with Crippen molar-refractivity contribution in [3.05, 3.63) is 23.5 Å². The summed E-state index contributed by atoms with van der Waals surface area (Å²) in [6.45, 7) is 2.52. The highest BCUT2D eigenvalue weighted by Crippen LogP contribution is 2.47. The molecule has 114 valence electrons. The molecule has 0 bridgehead atoms. The van der Waals surface area contributed by atoms with Crippen molar-refractivity contribution in [1.82, 2.24) is 9.29 Å². The predicted octanol–water partition coefficient (Wildman–Crippen LogP) is 2.10. The van der Waals surface area contributed by atoms with E-state index in [2.05, 4.69) is 4.98 Å². The minimum Gasteiger partial charge on any atom is -0.300 e. The molecule has 21 heavy (non-hydrogen) atoms. The van der Waals surface area contributed by atoms with E-state index < -0.39 is 22.9 Å². The number of rotatable bonds is 2. The van der Waals surface area contributed by atoms with Gasteiger partial charge in [-0.25, -0.2) is 13.5 Å². The highest BCUT2D eigenvalue weighted by atomic mass is 32.2. The van der Waals surface area contributed by atoms with Gasteiger partial charge in [-0.15, -0.1) is 0 Å². The molecule has 0 radical (unpaired) electrons. The van der Waals surface area contributed by atoms with Crippen LogP contribution in [0.3, 0.4) is 0 Å². The number of carbonyl (C=O) groups excluding carboxylic acids is 1. The Morgan fingerprint density at radius 3 is 2.38 bits per heavy atom. The number of carbonyl (C=O) groups is 1. The summed E-state index contributed by atoms with van der Waals surface area (Å²) >= 11 is 0. The number of aryl methyl sites for hydroxylation is 1. The van der Waals surface area contributed by atoms with E-state index in [0.717, 1.165) is 6.07 Å². The lowest BCUT2D eigenvalue weighted by Crippen LogP contribution is -2.62. The number of hydrogen-bond donors (Lipinski definition) is 0. The molecule has 3 rings (SSSR count). The molecule has 1 aromatic rings. The first-order valence-corrected chi connectivity index (χ1v) is 7.54. The quantitative estimate of drug-likeness (QED) is 0.839. The van der Waals surface area contributed by atoms with Gasteiger partial charge in [-0.2, -0.15) is 13.2 Å². The van der Waals surface area contributed by atoms with Crippen molar-refractivity contribution in [3.63, 3.8) is 0 Å². The van der Waals surface area contributed by atoms with Gasteiger partial charge in [0.25, 0.3) is 0 Å². The number of halogens is 3. The van der Waals surface area contributed by atoms with E-state index in [4.69, 9.17) is 0 Å². The largest absolute Gasteiger partial charge is 0.433 e. The number of ketones is 1. The second kappa shape index (κ2) is 4.61. The molecule has 4 nitrogen and oxygen atoms in total. The Labute approximate surface area is 121 Å². The number of Topliss-reactive ketones (excluding diaryl/α,β-unsaturated/α-hetero) is 1. The van der Waals surface area contributed by atoms with Crippen LogP contribution in [0, 0.1) is 12.3 Å². The van der Waals surface area contributed by atoms with E-state index in [9.17, 15) is 22.2 Å². The van der Waals surface area contributed by atoms with Gasteiger partial charge in [0.2, 0.25) is 0 Å². The smallest absolute Gasteiger partial charge is 0.300 e. The van der Waals surface area contributed by atoms with Gasteiger partial charge in [-0.1, -0.05) is 0 Å². The summed E-state index contributed by atoms with van der Waals surface area (Å²) in [5.41, 5.74) is -0.904. The molecule has 1 spiro atoms. The van der Waals surface area contributed by atoms with Crippen LogP contribution in [0.15, 0.2) is 17.0 Å². The Morgan fingerprint density at radius 2 is 1.90 bits per heavy atom. The minimum absolute atomic E-state index is 0.0417. The van der Waals surface area contributed by atoms with Crippen LogP contribution in [0.25, 0.3) is 0 Å². The first kappa shape index (κ1) is 14.6. The van der Waals surface area contributed by atoms with E-state index in [1.807, 2.05) is 0 Å². The zero-order chi connectivity index (χ0) is 15.4. The first-order valence-electron chi connectivity index (χ1n) is 6.44. The standard InChI is InChI=1S/C13H13F3N2O2S/c1-8-10(2-3-11(17-8)13(14,15)16)21(20)18-6-12(7-18)4-9(19)5-12/h2-3H,4-7H2,1H3. The van der Waals surface area contributed by atoms with Gasteiger partial charge in [0.05, 0.1) is 10.6 Å². The molecule has 1 saturated carbocycles. The number of aromatic nitrogens is 1. The lowest BCUT2D eigenvalue weighted by atomic mass is 9.64. The zero-order valence-corrected chi connectivity index (χ0v) is 12.1. The molecular formula is C13H13F3N2O2S. The van der Waals surface area contributed by atoms with Crippen molar-refractivity contribution >= 4 is 16.8 Å². The number of alkyl halides is 3. The van der Waals surface area contributed by atoms with E-state index in [-0.39, 0.29) is 16.9 Å². The van der Waals surface area contributed by atoms with Gasteiger partial charge < -0.3 is 0 Å². The Kier molecular flexibility index (Phi) is 3.21. The predicted molar refractivity (Wildman–Crippen MR) is 68.6 cm³/mol. The molecule has 1 aliphatic carbocycles. The number of hydrogen-bond acceptors (Lipinski definition) is 3. The van der Waals surface area contributed by atoms with Crippen molar-refractivity contribution in [2.75, 3.05) is 13.1 Å². The van der Waals surface area contributed by atoms with Crippen LogP contribution in [0.1, 0.15) is 24.2 Å². The Bertz CT molecular complexity index is 629. The maximum absolute atomic E-state index is 12.5. The van der Waals surface area contributed by atoms with Crippen LogP contribution in [0.4, 0.5) is 13.2 Å². The van der Waals surface area contributed by atoms with Crippen LogP contribution in [-0.4, -0.2) is 32.4 Å². The second-order valence-electron chi connectivity index (χ2n) is 5.72. The van der Waals surface area contributed by atoms with Crippen LogP contribution < -0.4 is 0 Å². The molecule has 0 aromatic carbocycles. The topological polar surface area (TPSA) is 50.3 Å². The fourth-order valence-electron chi connectivity index (χ4n) is 2.86. The maximum atomic E-state index is 12.5. The average Bonchev–Trinajstić information content (AvgIpc) is 2.29. The molecule has 0 N–H and O–H groups in total. The number of nitrogens with zero attached hydrogens (tertiary/aromatic N) is 2. The zero-order valence-electron chi connectivity index (χ0n) is 11.2. The molecule has 1 saturated heterocycles. The van der Waals surface area contributed by atoms with E-state index in [1.54, 1.807) is 4.31 Å². The third-order valence-electron chi connectivity index (χ3n) is 3.92. The molecule has 0 amide bonds. The SMILES string of the molecule is Cc1nc(C(F)(F)F)ccc1S(=O)N1CC2(CC(=O)C2)C1. The van der Waals surface area contributed by atoms with Crippen molar-refractivity contribution in [2.45, 2.75) is 30.8 Å². The van der Waals surface area contributed by atoms with E-state index in [1.165, 1.54) is 13.0 Å². The molecule has 2 fully saturated rings. The Hall–Kier alpha value is -1.28. The lowest BCUT2D eigenvalue weighted by molar-refractivity contribution is -0.141. The van der Waals surface area contributed by atoms with Gasteiger partial charge in [-0.3, -0.25) is 4.79 Å². The summed E-state index contributed by atoms with van der Waals surface area (Å²) in [7, 11) is -1.52. The summed E-state index contributed by atoms with van der Waals surface area (Å²) in [6, 6.07) is 2.07. The Morgan fingerprint density at radius 1 is 1.29 bits per heavy atom.